The van der Waals surface area contributed by atoms with Crippen LogP contribution >= 0.6 is 11.8 Å². The molecule has 0 radical (unpaired) electrons. The zero-order valence-corrected chi connectivity index (χ0v) is 11.2. The SMILES string of the molecule is C[C@@H]1CC[C@H](Sc2n[nH]c(-c3ccccn3)n2)C1. The van der Waals surface area contributed by atoms with Crippen LogP contribution in [-0.4, -0.2) is 25.4 Å². The van der Waals surface area contributed by atoms with Gasteiger partial charge in [0.25, 0.3) is 0 Å². The first-order valence-corrected chi connectivity index (χ1v) is 7.19. The summed E-state index contributed by atoms with van der Waals surface area (Å²) >= 11 is 1.79. The highest BCUT2D eigenvalue weighted by Crippen LogP contribution is 2.36. The Kier molecular flexibility index (Phi) is 3.32. The molecule has 0 aliphatic heterocycles. The quantitative estimate of drug-likeness (QED) is 0.921. The molecule has 1 aliphatic rings. The van der Waals surface area contributed by atoms with Crippen LogP contribution in [0.25, 0.3) is 11.5 Å². The van der Waals surface area contributed by atoms with Crippen molar-refractivity contribution in [2.24, 2.45) is 5.92 Å². The van der Waals surface area contributed by atoms with Crippen LogP contribution in [0.15, 0.2) is 29.6 Å². The van der Waals surface area contributed by atoms with Crippen molar-refractivity contribution in [2.45, 2.75) is 36.6 Å². The topological polar surface area (TPSA) is 54.5 Å². The molecule has 2 heterocycles. The van der Waals surface area contributed by atoms with Crippen molar-refractivity contribution in [2.75, 3.05) is 0 Å². The van der Waals surface area contributed by atoms with Crippen molar-refractivity contribution in [3.63, 3.8) is 0 Å². The van der Waals surface area contributed by atoms with E-state index in [0.717, 1.165) is 22.6 Å². The number of aromatic amines is 1. The second-order valence-electron chi connectivity index (χ2n) is 4.84. The molecule has 1 fully saturated rings. The fourth-order valence-corrected chi connectivity index (χ4v) is 3.55. The van der Waals surface area contributed by atoms with Crippen molar-refractivity contribution in [1.29, 1.82) is 0 Å². The Morgan fingerprint density at radius 1 is 1.33 bits per heavy atom. The van der Waals surface area contributed by atoms with Gasteiger partial charge >= 0.3 is 0 Å². The molecule has 0 aromatic carbocycles. The van der Waals surface area contributed by atoms with E-state index in [1.54, 1.807) is 18.0 Å². The first-order valence-electron chi connectivity index (χ1n) is 6.32. The number of hydrogen-bond acceptors (Lipinski definition) is 4. The van der Waals surface area contributed by atoms with E-state index in [9.17, 15) is 0 Å². The summed E-state index contributed by atoms with van der Waals surface area (Å²) < 4.78 is 0. The molecule has 1 saturated carbocycles. The number of pyridine rings is 1. The van der Waals surface area contributed by atoms with Crippen molar-refractivity contribution in [3.05, 3.63) is 24.4 Å². The van der Waals surface area contributed by atoms with E-state index in [1.807, 2.05) is 18.2 Å². The summed E-state index contributed by atoms with van der Waals surface area (Å²) in [5, 5.41) is 8.75. The molecule has 94 valence electrons. The van der Waals surface area contributed by atoms with E-state index in [-0.39, 0.29) is 0 Å². The molecular formula is C13H16N4S. The van der Waals surface area contributed by atoms with Crippen molar-refractivity contribution in [1.82, 2.24) is 20.2 Å². The molecule has 1 aliphatic carbocycles. The third kappa shape index (κ3) is 2.56. The first kappa shape index (κ1) is 11.7. The van der Waals surface area contributed by atoms with Crippen LogP contribution in [0.3, 0.4) is 0 Å². The van der Waals surface area contributed by atoms with Gasteiger partial charge in [0.05, 0.1) is 0 Å². The van der Waals surface area contributed by atoms with Crippen LogP contribution in [0, 0.1) is 5.92 Å². The molecule has 1 N–H and O–H groups in total. The molecule has 0 unspecified atom stereocenters. The lowest BCUT2D eigenvalue weighted by Crippen LogP contribution is -1.96. The van der Waals surface area contributed by atoms with Gasteiger partial charge < -0.3 is 0 Å². The van der Waals surface area contributed by atoms with Gasteiger partial charge in [-0.3, -0.25) is 10.1 Å². The summed E-state index contributed by atoms with van der Waals surface area (Å²) in [6.45, 7) is 2.32. The fourth-order valence-electron chi connectivity index (χ4n) is 2.33. The molecule has 2 aromatic heterocycles. The Hall–Kier alpha value is -1.36. The highest BCUT2D eigenvalue weighted by molar-refractivity contribution is 7.99. The highest BCUT2D eigenvalue weighted by atomic mass is 32.2. The molecule has 5 heteroatoms. The fraction of sp³-hybridized carbons (Fsp3) is 0.462. The lowest BCUT2D eigenvalue weighted by atomic mass is 10.1. The number of nitrogens with one attached hydrogen (secondary N) is 1. The van der Waals surface area contributed by atoms with E-state index in [1.165, 1.54) is 19.3 Å². The Labute approximate surface area is 111 Å². The van der Waals surface area contributed by atoms with Gasteiger partial charge in [0.1, 0.15) is 5.69 Å². The standard InChI is InChI=1S/C13H16N4S/c1-9-5-6-10(8-9)18-13-15-12(16-17-13)11-4-2-3-7-14-11/h2-4,7,9-10H,5-6,8H2,1H3,(H,15,16,17)/t9-,10+/m1/s1. The van der Waals surface area contributed by atoms with Gasteiger partial charge in [0.15, 0.2) is 5.82 Å². The third-order valence-electron chi connectivity index (χ3n) is 3.29. The van der Waals surface area contributed by atoms with Crippen molar-refractivity contribution >= 4 is 11.8 Å². The monoisotopic (exact) mass is 260 g/mol. The maximum atomic E-state index is 4.50. The minimum atomic E-state index is 0.674. The molecule has 18 heavy (non-hydrogen) atoms. The molecule has 0 spiro atoms. The summed E-state index contributed by atoms with van der Waals surface area (Å²) in [6, 6.07) is 5.79. The lowest BCUT2D eigenvalue weighted by molar-refractivity contribution is 0.613. The zero-order chi connectivity index (χ0) is 12.4. The number of H-pyrrole nitrogens is 1. The first-order chi connectivity index (χ1) is 8.81. The maximum Gasteiger partial charge on any atom is 0.209 e. The second kappa shape index (κ2) is 5.10. The summed E-state index contributed by atoms with van der Waals surface area (Å²) in [5.74, 6) is 1.60. The molecular weight excluding hydrogens is 244 g/mol. The van der Waals surface area contributed by atoms with E-state index >= 15 is 0 Å². The second-order valence-corrected chi connectivity index (χ2v) is 6.11. The molecule has 0 saturated heterocycles. The summed E-state index contributed by atoms with van der Waals surface area (Å²) in [4.78, 5) is 8.77. The predicted octanol–water partition coefficient (Wildman–Crippen LogP) is 3.15. The Bertz CT molecular complexity index is 511. The van der Waals surface area contributed by atoms with E-state index in [2.05, 4.69) is 27.1 Å². The molecule has 2 atom stereocenters. The van der Waals surface area contributed by atoms with Crippen molar-refractivity contribution in [3.8, 4) is 11.5 Å². The van der Waals surface area contributed by atoms with Crippen LogP contribution in [0.4, 0.5) is 0 Å². The number of aromatic nitrogens is 4. The predicted molar refractivity (Wildman–Crippen MR) is 72.3 cm³/mol. The Morgan fingerprint density at radius 2 is 2.28 bits per heavy atom. The normalized spacial score (nSPS) is 23.4. The highest BCUT2D eigenvalue weighted by Gasteiger charge is 2.23. The van der Waals surface area contributed by atoms with Gasteiger partial charge in [-0.25, -0.2) is 0 Å². The minimum Gasteiger partial charge on any atom is -0.257 e. The summed E-state index contributed by atoms with van der Waals surface area (Å²) in [6.07, 6.45) is 5.65. The van der Waals surface area contributed by atoms with Crippen LogP contribution in [0.1, 0.15) is 26.2 Å². The van der Waals surface area contributed by atoms with Gasteiger partial charge in [0.2, 0.25) is 5.16 Å². The average Bonchev–Trinajstić information content (AvgIpc) is 3.01. The number of nitrogens with zero attached hydrogens (tertiary/aromatic N) is 3. The van der Waals surface area contributed by atoms with Crippen LogP contribution in [0.2, 0.25) is 0 Å². The molecule has 3 rings (SSSR count). The average molecular weight is 260 g/mol. The largest absolute Gasteiger partial charge is 0.257 e. The van der Waals surface area contributed by atoms with Gasteiger partial charge in [-0.05, 0) is 37.3 Å². The third-order valence-corrected chi connectivity index (χ3v) is 4.45. The van der Waals surface area contributed by atoms with Gasteiger partial charge in [0, 0.05) is 11.4 Å². The van der Waals surface area contributed by atoms with Gasteiger partial charge in [-0.1, -0.05) is 24.8 Å². The molecule has 0 bridgehead atoms. The van der Waals surface area contributed by atoms with Gasteiger partial charge in [-0.15, -0.1) is 5.10 Å². The summed E-state index contributed by atoms with van der Waals surface area (Å²) in [7, 11) is 0. The maximum absolute atomic E-state index is 4.50. The van der Waals surface area contributed by atoms with Crippen molar-refractivity contribution < 1.29 is 0 Å². The number of thioether (sulfide) groups is 1. The van der Waals surface area contributed by atoms with Gasteiger partial charge in [-0.2, -0.15) is 4.98 Å². The van der Waals surface area contributed by atoms with E-state index in [0.29, 0.717) is 5.25 Å². The number of rotatable bonds is 3. The minimum absolute atomic E-state index is 0.674. The van der Waals surface area contributed by atoms with Crippen LogP contribution in [0.5, 0.6) is 0 Å². The van der Waals surface area contributed by atoms with E-state index in [4.69, 9.17) is 0 Å². The molecule has 4 nitrogen and oxygen atoms in total. The zero-order valence-electron chi connectivity index (χ0n) is 10.3. The Morgan fingerprint density at radius 3 is 3.00 bits per heavy atom. The smallest absolute Gasteiger partial charge is 0.209 e. The van der Waals surface area contributed by atoms with E-state index < -0.39 is 0 Å². The number of hydrogen-bond donors (Lipinski definition) is 1. The Balaban J connectivity index is 1.70. The molecule has 0 amide bonds. The molecule has 2 aromatic rings. The van der Waals surface area contributed by atoms with Crippen LogP contribution in [-0.2, 0) is 0 Å². The lowest BCUT2D eigenvalue weighted by Gasteiger charge is -2.04. The van der Waals surface area contributed by atoms with Crippen LogP contribution < -0.4 is 0 Å². The summed E-state index contributed by atoms with van der Waals surface area (Å²) in [5.41, 5.74) is 0.844.